The predicted molar refractivity (Wildman–Crippen MR) is 62.3 cm³/mol. The summed E-state index contributed by atoms with van der Waals surface area (Å²) in [5.41, 5.74) is 6.82. The van der Waals surface area contributed by atoms with Gasteiger partial charge in [-0.2, -0.15) is 9.78 Å². The summed E-state index contributed by atoms with van der Waals surface area (Å²) in [5, 5.41) is 4.44. The van der Waals surface area contributed by atoms with Crippen molar-refractivity contribution < 1.29 is 0 Å². The molecular formula is C11H15N5. The zero-order valence-electron chi connectivity index (χ0n) is 9.68. The fourth-order valence-corrected chi connectivity index (χ4v) is 1.35. The standard InChI is InChI=1S/C11H15N5/c1-11(2,3)8-6-9(12)16(15-8)10-7-13-4-5-14-10/h4-7H,12H2,1-3H3. The molecule has 2 aromatic heterocycles. The molecule has 0 unspecified atom stereocenters. The van der Waals surface area contributed by atoms with Gasteiger partial charge in [0.25, 0.3) is 0 Å². The van der Waals surface area contributed by atoms with Crippen LogP contribution in [0.25, 0.3) is 5.82 Å². The van der Waals surface area contributed by atoms with Crippen LogP contribution in [0.1, 0.15) is 26.5 Å². The second-order valence-corrected chi connectivity index (χ2v) is 4.68. The number of hydrogen-bond donors (Lipinski definition) is 1. The number of aromatic nitrogens is 4. The molecular weight excluding hydrogens is 202 g/mol. The Morgan fingerprint density at radius 3 is 2.50 bits per heavy atom. The summed E-state index contributed by atoms with van der Waals surface area (Å²) >= 11 is 0. The molecule has 0 aromatic carbocycles. The molecule has 0 aliphatic carbocycles. The number of nitrogens with two attached hydrogens (primary N) is 1. The van der Waals surface area contributed by atoms with E-state index in [-0.39, 0.29) is 5.41 Å². The Morgan fingerprint density at radius 2 is 2.00 bits per heavy atom. The van der Waals surface area contributed by atoms with Crippen LogP contribution in [0.3, 0.4) is 0 Å². The average Bonchev–Trinajstić information content (AvgIpc) is 2.61. The van der Waals surface area contributed by atoms with E-state index in [2.05, 4.69) is 35.8 Å². The molecule has 0 amide bonds. The van der Waals surface area contributed by atoms with Crippen LogP contribution in [0.4, 0.5) is 5.82 Å². The average molecular weight is 217 g/mol. The Kier molecular flexibility index (Phi) is 2.38. The molecule has 2 rings (SSSR count). The largest absolute Gasteiger partial charge is 0.384 e. The Morgan fingerprint density at radius 1 is 1.25 bits per heavy atom. The molecule has 0 aliphatic rings. The highest BCUT2D eigenvalue weighted by Crippen LogP contribution is 2.23. The van der Waals surface area contributed by atoms with Crippen molar-refractivity contribution in [2.45, 2.75) is 26.2 Å². The highest BCUT2D eigenvalue weighted by Gasteiger charge is 2.19. The molecule has 2 aromatic rings. The lowest BCUT2D eigenvalue weighted by Gasteiger charge is -2.13. The van der Waals surface area contributed by atoms with Crippen LogP contribution in [-0.2, 0) is 5.41 Å². The van der Waals surface area contributed by atoms with Crippen molar-refractivity contribution in [3.8, 4) is 5.82 Å². The van der Waals surface area contributed by atoms with Crippen LogP contribution in [0.2, 0.25) is 0 Å². The Bertz CT molecular complexity index is 481. The van der Waals surface area contributed by atoms with E-state index in [1.165, 1.54) is 0 Å². The smallest absolute Gasteiger partial charge is 0.174 e. The molecule has 2 heterocycles. The Balaban J connectivity index is 2.48. The lowest BCUT2D eigenvalue weighted by molar-refractivity contribution is 0.559. The Labute approximate surface area is 94.3 Å². The quantitative estimate of drug-likeness (QED) is 0.786. The molecule has 5 heteroatoms. The minimum absolute atomic E-state index is 0.0262. The summed E-state index contributed by atoms with van der Waals surface area (Å²) in [7, 11) is 0. The summed E-state index contributed by atoms with van der Waals surface area (Å²) in [6.45, 7) is 6.28. The topological polar surface area (TPSA) is 69.6 Å². The van der Waals surface area contributed by atoms with Crippen molar-refractivity contribution in [2.24, 2.45) is 0 Å². The van der Waals surface area contributed by atoms with E-state index in [0.717, 1.165) is 5.69 Å². The summed E-state index contributed by atoms with van der Waals surface area (Å²) in [6, 6.07) is 1.87. The van der Waals surface area contributed by atoms with Gasteiger partial charge in [0.15, 0.2) is 5.82 Å². The molecule has 0 saturated carbocycles. The highest BCUT2D eigenvalue weighted by molar-refractivity contribution is 5.39. The molecule has 0 aliphatic heterocycles. The van der Waals surface area contributed by atoms with Gasteiger partial charge in [-0.15, -0.1) is 0 Å². The van der Waals surface area contributed by atoms with Gasteiger partial charge < -0.3 is 5.73 Å². The first kappa shape index (κ1) is 10.6. The monoisotopic (exact) mass is 217 g/mol. The van der Waals surface area contributed by atoms with E-state index in [4.69, 9.17) is 5.73 Å². The van der Waals surface area contributed by atoms with Crippen molar-refractivity contribution >= 4 is 5.82 Å². The maximum absolute atomic E-state index is 5.90. The number of hydrogen-bond acceptors (Lipinski definition) is 4. The fraction of sp³-hybridized carbons (Fsp3) is 0.364. The van der Waals surface area contributed by atoms with Gasteiger partial charge in [-0.1, -0.05) is 20.8 Å². The SMILES string of the molecule is CC(C)(C)c1cc(N)n(-c2cnccn2)n1. The molecule has 0 radical (unpaired) electrons. The van der Waals surface area contributed by atoms with E-state index in [1.54, 1.807) is 23.3 Å². The van der Waals surface area contributed by atoms with Crippen molar-refractivity contribution in [3.05, 3.63) is 30.4 Å². The van der Waals surface area contributed by atoms with Crippen LogP contribution in [0.15, 0.2) is 24.7 Å². The summed E-state index contributed by atoms with van der Waals surface area (Å²) in [5.74, 6) is 1.21. The van der Waals surface area contributed by atoms with Gasteiger partial charge in [0.1, 0.15) is 5.82 Å². The van der Waals surface area contributed by atoms with Gasteiger partial charge in [-0.25, -0.2) is 4.98 Å². The normalized spacial score (nSPS) is 11.7. The fourth-order valence-electron chi connectivity index (χ4n) is 1.35. The number of anilines is 1. The first-order valence-corrected chi connectivity index (χ1v) is 5.11. The van der Waals surface area contributed by atoms with Gasteiger partial charge in [0.2, 0.25) is 0 Å². The van der Waals surface area contributed by atoms with Gasteiger partial charge in [0.05, 0.1) is 11.9 Å². The molecule has 2 N–H and O–H groups in total. The first-order chi connectivity index (χ1) is 7.48. The third-order valence-corrected chi connectivity index (χ3v) is 2.27. The van der Waals surface area contributed by atoms with E-state index in [9.17, 15) is 0 Å². The van der Waals surface area contributed by atoms with Crippen LogP contribution in [0, 0.1) is 0 Å². The molecule has 16 heavy (non-hydrogen) atoms. The van der Waals surface area contributed by atoms with Crippen LogP contribution >= 0.6 is 0 Å². The van der Waals surface area contributed by atoms with E-state index >= 15 is 0 Å². The van der Waals surface area contributed by atoms with Crippen molar-refractivity contribution in [3.63, 3.8) is 0 Å². The molecule has 0 saturated heterocycles. The van der Waals surface area contributed by atoms with Crippen molar-refractivity contribution in [1.29, 1.82) is 0 Å². The number of nitrogen functional groups attached to an aromatic ring is 1. The lowest BCUT2D eigenvalue weighted by atomic mass is 9.92. The van der Waals surface area contributed by atoms with Gasteiger partial charge in [0, 0.05) is 23.9 Å². The zero-order chi connectivity index (χ0) is 11.8. The number of rotatable bonds is 1. The summed E-state index contributed by atoms with van der Waals surface area (Å²) in [6.07, 6.45) is 4.87. The minimum atomic E-state index is -0.0262. The second-order valence-electron chi connectivity index (χ2n) is 4.68. The molecule has 0 spiro atoms. The first-order valence-electron chi connectivity index (χ1n) is 5.11. The molecule has 5 nitrogen and oxygen atoms in total. The molecule has 0 fully saturated rings. The summed E-state index contributed by atoms with van der Waals surface area (Å²) in [4.78, 5) is 8.16. The third kappa shape index (κ3) is 1.88. The molecule has 0 bridgehead atoms. The zero-order valence-corrected chi connectivity index (χ0v) is 9.68. The van der Waals surface area contributed by atoms with E-state index in [1.807, 2.05) is 6.07 Å². The highest BCUT2D eigenvalue weighted by atomic mass is 15.3. The van der Waals surface area contributed by atoms with Gasteiger partial charge in [-0.05, 0) is 0 Å². The number of nitrogens with zero attached hydrogens (tertiary/aromatic N) is 4. The van der Waals surface area contributed by atoms with Crippen LogP contribution in [-0.4, -0.2) is 19.7 Å². The third-order valence-electron chi connectivity index (χ3n) is 2.27. The maximum Gasteiger partial charge on any atom is 0.174 e. The van der Waals surface area contributed by atoms with Crippen molar-refractivity contribution in [2.75, 3.05) is 5.73 Å². The van der Waals surface area contributed by atoms with Gasteiger partial charge >= 0.3 is 0 Å². The molecule has 84 valence electrons. The second kappa shape index (κ2) is 3.59. The predicted octanol–water partition coefficient (Wildman–Crippen LogP) is 1.54. The lowest BCUT2D eigenvalue weighted by Crippen LogP contribution is -2.13. The van der Waals surface area contributed by atoms with Crippen LogP contribution < -0.4 is 5.73 Å². The van der Waals surface area contributed by atoms with Crippen molar-refractivity contribution in [1.82, 2.24) is 19.7 Å². The maximum atomic E-state index is 5.90. The van der Waals surface area contributed by atoms with Crippen LogP contribution in [0.5, 0.6) is 0 Å². The Hall–Kier alpha value is -1.91. The van der Waals surface area contributed by atoms with E-state index < -0.39 is 0 Å². The van der Waals surface area contributed by atoms with Gasteiger partial charge in [-0.3, -0.25) is 4.98 Å². The summed E-state index contributed by atoms with van der Waals surface area (Å²) < 4.78 is 1.60. The minimum Gasteiger partial charge on any atom is -0.384 e. The van der Waals surface area contributed by atoms with E-state index in [0.29, 0.717) is 11.6 Å². The molecule has 0 atom stereocenters.